The summed E-state index contributed by atoms with van der Waals surface area (Å²) in [5, 5.41) is 12.9. The van der Waals surface area contributed by atoms with Crippen LogP contribution in [0.5, 0.6) is 0 Å². The first-order chi connectivity index (χ1) is 12.7. The van der Waals surface area contributed by atoms with Crippen molar-refractivity contribution in [1.82, 2.24) is 10.3 Å². The van der Waals surface area contributed by atoms with Gasteiger partial charge in [0.2, 0.25) is 0 Å². The van der Waals surface area contributed by atoms with Crippen LogP contribution in [0.15, 0.2) is 30.3 Å². The number of amides is 1. The van der Waals surface area contributed by atoms with Crippen molar-refractivity contribution in [2.45, 2.75) is 57.6 Å². The Kier molecular flexibility index (Phi) is 3.90. The monoisotopic (exact) mass is 360 g/mol. The number of carbonyl (C=O) groups is 1. The molecule has 1 saturated carbocycles. The summed E-state index contributed by atoms with van der Waals surface area (Å²) in [6.07, 6.45) is 2.05. The molecule has 27 heavy (non-hydrogen) atoms. The summed E-state index contributed by atoms with van der Waals surface area (Å²) in [4.78, 5) is 17.1. The van der Waals surface area contributed by atoms with Crippen LogP contribution in [0.2, 0.25) is 0 Å². The maximum atomic E-state index is 12.4. The number of nitrogens with one attached hydrogen (secondary N) is 1. The molecule has 2 N–H and O–H groups in total. The zero-order valence-corrected chi connectivity index (χ0v) is 16.2. The Morgan fingerprint density at radius 3 is 2.56 bits per heavy atom. The van der Waals surface area contributed by atoms with Gasteiger partial charge in [0.1, 0.15) is 11.3 Å². The highest BCUT2D eigenvalue weighted by Crippen LogP contribution is 2.50. The first-order valence-electron chi connectivity index (χ1n) is 9.42. The Hall–Kier alpha value is -2.64. The smallest absolute Gasteiger partial charge is 0.252 e. The fourth-order valence-corrected chi connectivity index (χ4v) is 3.63. The van der Waals surface area contributed by atoms with Gasteiger partial charge in [0.05, 0.1) is 11.2 Å². The van der Waals surface area contributed by atoms with E-state index in [2.05, 4.69) is 43.1 Å². The van der Waals surface area contributed by atoms with Gasteiger partial charge in [0.25, 0.3) is 5.91 Å². The van der Waals surface area contributed by atoms with E-state index in [9.17, 15) is 9.90 Å². The Labute approximate surface area is 160 Å². The Morgan fingerprint density at radius 1 is 1.19 bits per heavy atom. The standard InChI is InChI=1S/C23H24N2O2/c1-14(2)20-17(7-6-16(24-20)9-10-22(3,4)27)15-5-8-19-18(13-15)21(26)25-23(19)11-12-23/h5-8,13-14,27H,11-12H2,1-4H3,(H,25,26). The lowest BCUT2D eigenvalue weighted by molar-refractivity contribution is 0.0952. The summed E-state index contributed by atoms with van der Waals surface area (Å²) in [6.45, 7) is 7.50. The molecule has 0 saturated heterocycles. The van der Waals surface area contributed by atoms with Gasteiger partial charge in [-0.2, -0.15) is 0 Å². The third-order valence-electron chi connectivity index (χ3n) is 5.16. The molecule has 2 aliphatic rings. The van der Waals surface area contributed by atoms with Gasteiger partial charge in [0, 0.05) is 11.1 Å². The summed E-state index contributed by atoms with van der Waals surface area (Å²) in [5.74, 6) is 5.99. The predicted molar refractivity (Wildman–Crippen MR) is 105 cm³/mol. The Bertz CT molecular complexity index is 999. The highest BCUT2D eigenvalue weighted by atomic mass is 16.3. The topological polar surface area (TPSA) is 62.2 Å². The second-order valence-corrected chi connectivity index (χ2v) is 8.39. The minimum absolute atomic E-state index is 0.0241. The molecule has 1 aromatic heterocycles. The van der Waals surface area contributed by atoms with E-state index in [0.717, 1.165) is 40.8 Å². The molecule has 0 atom stereocenters. The number of aromatic nitrogens is 1. The second kappa shape index (κ2) is 5.94. The minimum atomic E-state index is -1.05. The average Bonchev–Trinajstić information content (AvgIpc) is 3.33. The van der Waals surface area contributed by atoms with Crippen molar-refractivity contribution < 1.29 is 9.90 Å². The summed E-state index contributed by atoms with van der Waals surface area (Å²) < 4.78 is 0. The first kappa shape index (κ1) is 17.8. The normalized spacial score (nSPS) is 16.7. The largest absolute Gasteiger partial charge is 0.378 e. The van der Waals surface area contributed by atoms with Crippen molar-refractivity contribution in [2.24, 2.45) is 0 Å². The van der Waals surface area contributed by atoms with Crippen molar-refractivity contribution in [3.63, 3.8) is 0 Å². The number of benzene rings is 1. The van der Waals surface area contributed by atoms with Crippen molar-refractivity contribution >= 4 is 5.91 Å². The number of carbonyl (C=O) groups excluding carboxylic acids is 1. The predicted octanol–water partition coefficient (Wildman–Crippen LogP) is 3.73. The van der Waals surface area contributed by atoms with Crippen LogP contribution < -0.4 is 5.32 Å². The molecular weight excluding hydrogens is 336 g/mol. The molecule has 1 fully saturated rings. The number of hydrogen-bond acceptors (Lipinski definition) is 3. The van der Waals surface area contributed by atoms with Crippen LogP contribution in [0.1, 0.15) is 73.8 Å². The van der Waals surface area contributed by atoms with E-state index in [1.165, 1.54) is 0 Å². The molecular formula is C23H24N2O2. The van der Waals surface area contributed by atoms with E-state index in [-0.39, 0.29) is 17.4 Å². The van der Waals surface area contributed by atoms with Gasteiger partial charge in [0.15, 0.2) is 0 Å². The molecule has 0 unspecified atom stereocenters. The van der Waals surface area contributed by atoms with Crippen molar-refractivity contribution in [3.05, 3.63) is 52.8 Å². The average molecular weight is 360 g/mol. The van der Waals surface area contributed by atoms with Gasteiger partial charge in [-0.25, -0.2) is 4.98 Å². The summed E-state index contributed by atoms with van der Waals surface area (Å²) >= 11 is 0. The van der Waals surface area contributed by atoms with Gasteiger partial charge in [-0.3, -0.25) is 4.79 Å². The van der Waals surface area contributed by atoms with Crippen molar-refractivity contribution in [1.29, 1.82) is 0 Å². The maximum absolute atomic E-state index is 12.4. The van der Waals surface area contributed by atoms with E-state index < -0.39 is 5.60 Å². The lowest BCUT2D eigenvalue weighted by atomic mass is 9.93. The summed E-state index contributed by atoms with van der Waals surface area (Å²) in [5.41, 5.74) is 4.36. The number of pyridine rings is 1. The van der Waals surface area contributed by atoms with Gasteiger partial charge in [-0.05, 0) is 67.9 Å². The van der Waals surface area contributed by atoms with Crippen LogP contribution in [0.4, 0.5) is 0 Å². The zero-order chi connectivity index (χ0) is 19.4. The molecule has 0 radical (unpaired) electrons. The Morgan fingerprint density at radius 2 is 1.93 bits per heavy atom. The van der Waals surface area contributed by atoms with E-state index in [4.69, 9.17) is 4.98 Å². The van der Waals surface area contributed by atoms with Crippen LogP contribution in [0.25, 0.3) is 11.1 Å². The molecule has 1 spiro atoms. The lowest BCUT2D eigenvalue weighted by Gasteiger charge is -2.14. The quantitative estimate of drug-likeness (QED) is 0.802. The molecule has 0 bridgehead atoms. The summed E-state index contributed by atoms with van der Waals surface area (Å²) in [7, 11) is 0. The molecule has 4 rings (SSSR count). The maximum Gasteiger partial charge on any atom is 0.252 e. The molecule has 2 aromatic rings. The lowest BCUT2D eigenvalue weighted by Crippen LogP contribution is -2.25. The van der Waals surface area contributed by atoms with E-state index in [1.807, 2.05) is 18.2 Å². The summed E-state index contributed by atoms with van der Waals surface area (Å²) in [6, 6.07) is 10.0. The van der Waals surface area contributed by atoms with Gasteiger partial charge in [-0.1, -0.05) is 31.9 Å². The molecule has 1 aromatic carbocycles. The van der Waals surface area contributed by atoms with Crippen LogP contribution >= 0.6 is 0 Å². The van der Waals surface area contributed by atoms with Gasteiger partial charge < -0.3 is 10.4 Å². The zero-order valence-electron chi connectivity index (χ0n) is 16.2. The van der Waals surface area contributed by atoms with Crippen LogP contribution in [0, 0.1) is 11.8 Å². The third kappa shape index (κ3) is 3.24. The Balaban J connectivity index is 1.77. The second-order valence-electron chi connectivity index (χ2n) is 8.39. The molecule has 1 aliphatic heterocycles. The number of hydrogen-bond donors (Lipinski definition) is 2. The molecule has 4 heteroatoms. The molecule has 1 amide bonds. The van der Waals surface area contributed by atoms with Gasteiger partial charge >= 0.3 is 0 Å². The fourth-order valence-electron chi connectivity index (χ4n) is 3.63. The number of nitrogens with zero attached hydrogens (tertiary/aromatic N) is 1. The molecule has 2 heterocycles. The van der Waals surface area contributed by atoms with Crippen LogP contribution in [-0.4, -0.2) is 21.6 Å². The first-order valence-corrected chi connectivity index (χ1v) is 9.42. The third-order valence-corrected chi connectivity index (χ3v) is 5.16. The van der Waals surface area contributed by atoms with E-state index in [0.29, 0.717) is 5.69 Å². The number of aliphatic hydroxyl groups is 1. The minimum Gasteiger partial charge on any atom is -0.378 e. The van der Waals surface area contributed by atoms with Crippen LogP contribution in [0.3, 0.4) is 0 Å². The molecule has 1 aliphatic carbocycles. The van der Waals surface area contributed by atoms with E-state index >= 15 is 0 Å². The SMILES string of the molecule is CC(C)c1nc(C#CC(C)(C)O)ccc1-c1ccc2c(c1)C(=O)NC21CC1. The van der Waals surface area contributed by atoms with Gasteiger partial charge in [-0.15, -0.1) is 0 Å². The molecule has 138 valence electrons. The van der Waals surface area contributed by atoms with E-state index in [1.54, 1.807) is 13.8 Å². The van der Waals surface area contributed by atoms with Crippen LogP contribution in [-0.2, 0) is 5.54 Å². The van der Waals surface area contributed by atoms with Crippen molar-refractivity contribution in [2.75, 3.05) is 0 Å². The van der Waals surface area contributed by atoms with Crippen molar-refractivity contribution in [3.8, 4) is 23.0 Å². The fraction of sp³-hybridized carbons (Fsp3) is 0.391. The highest BCUT2D eigenvalue weighted by molar-refractivity contribution is 6.01. The number of rotatable bonds is 2. The number of fused-ring (bicyclic) bond motifs is 2. The molecule has 4 nitrogen and oxygen atoms in total. The highest BCUT2D eigenvalue weighted by Gasteiger charge is 2.51.